The van der Waals surface area contributed by atoms with Gasteiger partial charge >= 0.3 is 0 Å². The molecule has 1 aliphatic heterocycles. The van der Waals surface area contributed by atoms with Gasteiger partial charge in [0.25, 0.3) is 5.91 Å². The summed E-state index contributed by atoms with van der Waals surface area (Å²) in [6, 6.07) is 3.67. The Kier molecular flexibility index (Phi) is 3.66. The van der Waals surface area contributed by atoms with Crippen LogP contribution in [0.4, 0.5) is 0 Å². The molecule has 5 heteroatoms. The van der Waals surface area contributed by atoms with Gasteiger partial charge in [-0.2, -0.15) is 0 Å². The molecular weight excluding hydrogens is 274 g/mol. The largest absolute Gasteiger partial charge is 0.452 e. The van der Waals surface area contributed by atoms with E-state index in [0.717, 1.165) is 18.6 Å². The fraction of sp³-hybridized carbons (Fsp3) is 0.545. The van der Waals surface area contributed by atoms with E-state index in [1.807, 2.05) is 12.1 Å². The number of likely N-dealkylation sites (N-methyl/N-ethyl adjacent to an activating group) is 1. The van der Waals surface area contributed by atoms with Crippen molar-refractivity contribution >= 4 is 21.8 Å². The van der Waals surface area contributed by atoms with E-state index in [-0.39, 0.29) is 12.0 Å². The summed E-state index contributed by atoms with van der Waals surface area (Å²) in [5.41, 5.74) is 0. The minimum Gasteiger partial charge on any atom is -0.452 e. The van der Waals surface area contributed by atoms with Crippen LogP contribution < -0.4 is 0 Å². The van der Waals surface area contributed by atoms with Gasteiger partial charge in [0.1, 0.15) is 11.9 Å². The molecule has 2 heterocycles. The SMILES string of the molecule is CN(Cc1ccc(Br)o1)C(=O)[C@@H]1CCCO1. The smallest absolute Gasteiger partial charge is 0.251 e. The minimum absolute atomic E-state index is 0.0324. The molecule has 0 saturated carbocycles. The first-order valence-electron chi connectivity index (χ1n) is 5.27. The van der Waals surface area contributed by atoms with Crippen LogP contribution in [0.1, 0.15) is 18.6 Å². The third kappa shape index (κ3) is 2.65. The Morgan fingerprint density at radius 3 is 3.00 bits per heavy atom. The second-order valence-electron chi connectivity index (χ2n) is 3.90. The predicted octanol–water partition coefficient (Wildman–Crippen LogP) is 2.18. The number of halogens is 1. The van der Waals surface area contributed by atoms with Crippen molar-refractivity contribution in [3.05, 3.63) is 22.6 Å². The van der Waals surface area contributed by atoms with Crippen LogP contribution in [-0.2, 0) is 16.1 Å². The quantitative estimate of drug-likeness (QED) is 0.856. The van der Waals surface area contributed by atoms with Gasteiger partial charge in [-0.05, 0) is 40.9 Å². The maximum absolute atomic E-state index is 11.9. The Bertz CT molecular complexity index is 371. The van der Waals surface area contributed by atoms with Crippen LogP contribution in [0.2, 0.25) is 0 Å². The summed E-state index contributed by atoms with van der Waals surface area (Å²) < 4.78 is 11.4. The number of amides is 1. The van der Waals surface area contributed by atoms with Crippen molar-refractivity contribution in [2.75, 3.05) is 13.7 Å². The van der Waals surface area contributed by atoms with Gasteiger partial charge in [-0.3, -0.25) is 4.79 Å². The van der Waals surface area contributed by atoms with Crippen LogP contribution in [0.3, 0.4) is 0 Å². The topological polar surface area (TPSA) is 42.7 Å². The van der Waals surface area contributed by atoms with E-state index in [1.165, 1.54) is 0 Å². The van der Waals surface area contributed by atoms with Gasteiger partial charge in [-0.15, -0.1) is 0 Å². The summed E-state index contributed by atoms with van der Waals surface area (Å²) in [4.78, 5) is 13.5. The minimum atomic E-state index is -0.261. The highest BCUT2D eigenvalue weighted by Crippen LogP contribution is 2.18. The molecule has 2 rings (SSSR count). The van der Waals surface area contributed by atoms with Crippen molar-refractivity contribution in [2.45, 2.75) is 25.5 Å². The summed E-state index contributed by atoms with van der Waals surface area (Å²) in [7, 11) is 1.76. The molecule has 4 nitrogen and oxygen atoms in total. The summed E-state index contributed by atoms with van der Waals surface area (Å²) in [6.45, 7) is 1.17. The molecule has 1 aromatic rings. The maximum Gasteiger partial charge on any atom is 0.251 e. The number of hydrogen-bond donors (Lipinski definition) is 0. The Morgan fingerprint density at radius 2 is 2.44 bits per heavy atom. The molecule has 0 aromatic carbocycles. The molecule has 0 aliphatic carbocycles. The molecule has 1 saturated heterocycles. The predicted molar refractivity (Wildman–Crippen MR) is 61.9 cm³/mol. The van der Waals surface area contributed by atoms with E-state index in [9.17, 15) is 4.79 Å². The number of carbonyl (C=O) groups is 1. The second-order valence-corrected chi connectivity index (χ2v) is 4.68. The molecular formula is C11H14BrNO3. The van der Waals surface area contributed by atoms with Gasteiger partial charge in [-0.25, -0.2) is 0 Å². The number of furan rings is 1. The lowest BCUT2D eigenvalue weighted by molar-refractivity contribution is -0.140. The van der Waals surface area contributed by atoms with Gasteiger partial charge in [0.15, 0.2) is 4.67 Å². The van der Waals surface area contributed by atoms with Gasteiger partial charge in [-0.1, -0.05) is 0 Å². The van der Waals surface area contributed by atoms with Gasteiger partial charge in [0, 0.05) is 13.7 Å². The summed E-state index contributed by atoms with van der Waals surface area (Å²) in [5.74, 6) is 0.797. The van der Waals surface area contributed by atoms with Crippen molar-refractivity contribution in [2.24, 2.45) is 0 Å². The number of hydrogen-bond acceptors (Lipinski definition) is 3. The Balaban J connectivity index is 1.91. The summed E-state index contributed by atoms with van der Waals surface area (Å²) in [5, 5.41) is 0. The Labute approximate surface area is 103 Å². The molecule has 88 valence electrons. The zero-order chi connectivity index (χ0) is 11.5. The molecule has 1 fully saturated rings. The molecule has 1 amide bonds. The molecule has 0 N–H and O–H groups in total. The average Bonchev–Trinajstić information content (AvgIpc) is 2.88. The van der Waals surface area contributed by atoms with E-state index >= 15 is 0 Å². The second kappa shape index (κ2) is 5.01. The van der Waals surface area contributed by atoms with E-state index < -0.39 is 0 Å². The molecule has 1 aromatic heterocycles. The highest BCUT2D eigenvalue weighted by molar-refractivity contribution is 9.10. The molecule has 1 atom stereocenters. The molecule has 1 aliphatic rings. The summed E-state index contributed by atoms with van der Waals surface area (Å²) >= 11 is 3.23. The zero-order valence-corrected chi connectivity index (χ0v) is 10.7. The fourth-order valence-corrected chi connectivity index (χ4v) is 2.11. The molecule has 0 bridgehead atoms. The first kappa shape index (κ1) is 11.7. The molecule has 16 heavy (non-hydrogen) atoms. The van der Waals surface area contributed by atoms with Crippen molar-refractivity contribution in [1.82, 2.24) is 4.90 Å². The lowest BCUT2D eigenvalue weighted by Gasteiger charge is -2.19. The Morgan fingerprint density at radius 1 is 1.62 bits per heavy atom. The van der Waals surface area contributed by atoms with Gasteiger partial charge < -0.3 is 14.1 Å². The van der Waals surface area contributed by atoms with Crippen LogP contribution in [0.25, 0.3) is 0 Å². The van der Waals surface area contributed by atoms with Crippen molar-refractivity contribution in [3.63, 3.8) is 0 Å². The molecule has 0 unspecified atom stereocenters. The van der Waals surface area contributed by atoms with Gasteiger partial charge in [0.05, 0.1) is 6.54 Å². The van der Waals surface area contributed by atoms with Crippen LogP contribution in [0, 0.1) is 0 Å². The Hall–Kier alpha value is -0.810. The van der Waals surface area contributed by atoms with Crippen LogP contribution in [0.5, 0.6) is 0 Å². The van der Waals surface area contributed by atoms with Crippen LogP contribution in [0.15, 0.2) is 21.2 Å². The summed E-state index contributed by atoms with van der Waals surface area (Å²) in [6.07, 6.45) is 1.53. The van der Waals surface area contributed by atoms with Crippen molar-refractivity contribution in [3.8, 4) is 0 Å². The number of nitrogens with zero attached hydrogens (tertiary/aromatic N) is 1. The van der Waals surface area contributed by atoms with E-state index in [1.54, 1.807) is 11.9 Å². The standard InChI is InChI=1S/C11H14BrNO3/c1-13(7-8-4-5-10(12)16-8)11(14)9-3-2-6-15-9/h4-5,9H,2-3,6-7H2,1H3/t9-/m0/s1. The van der Waals surface area contributed by atoms with Crippen molar-refractivity contribution < 1.29 is 13.9 Å². The van der Waals surface area contributed by atoms with E-state index in [4.69, 9.17) is 9.15 Å². The lowest BCUT2D eigenvalue weighted by atomic mass is 10.2. The highest BCUT2D eigenvalue weighted by atomic mass is 79.9. The first-order valence-corrected chi connectivity index (χ1v) is 6.07. The van der Waals surface area contributed by atoms with Crippen LogP contribution in [-0.4, -0.2) is 30.6 Å². The molecule has 0 radical (unpaired) electrons. The molecule has 0 spiro atoms. The van der Waals surface area contributed by atoms with Gasteiger partial charge in [0.2, 0.25) is 0 Å². The first-order chi connectivity index (χ1) is 7.66. The highest BCUT2D eigenvalue weighted by Gasteiger charge is 2.26. The van der Waals surface area contributed by atoms with Crippen molar-refractivity contribution in [1.29, 1.82) is 0 Å². The fourth-order valence-electron chi connectivity index (χ4n) is 1.77. The zero-order valence-electron chi connectivity index (χ0n) is 9.11. The van der Waals surface area contributed by atoms with E-state index in [2.05, 4.69) is 15.9 Å². The third-order valence-electron chi connectivity index (χ3n) is 2.60. The third-order valence-corrected chi connectivity index (χ3v) is 3.03. The monoisotopic (exact) mass is 287 g/mol. The van der Waals surface area contributed by atoms with Crippen LogP contribution >= 0.6 is 15.9 Å². The van der Waals surface area contributed by atoms with E-state index in [0.29, 0.717) is 17.8 Å². The lowest BCUT2D eigenvalue weighted by Crippen LogP contribution is -2.35. The maximum atomic E-state index is 11.9. The average molecular weight is 288 g/mol. The number of rotatable bonds is 3. The number of ether oxygens (including phenoxy) is 1. The number of carbonyl (C=O) groups excluding carboxylic acids is 1. The normalized spacial score (nSPS) is 20.0.